The van der Waals surface area contributed by atoms with Crippen LogP contribution in [-0.4, -0.2) is 24.4 Å². The van der Waals surface area contributed by atoms with E-state index in [0.717, 1.165) is 17.7 Å². The molecule has 0 aliphatic heterocycles. The molecule has 1 unspecified atom stereocenters. The van der Waals surface area contributed by atoms with Crippen LogP contribution >= 0.6 is 0 Å². The molecule has 16 heavy (non-hydrogen) atoms. The van der Waals surface area contributed by atoms with E-state index >= 15 is 0 Å². The number of nitrogens with one attached hydrogen (secondary N) is 1. The minimum Gasteiger partial charge on any atom is -0.388 e. The van der Waals surface area contributed by atoms with Gasteiger partial charge in [-0.25, -0.2) is 0 Å². The van der Waals surface area contributed by atoms with E-state index in [1.165, 1.54) is 0 Å². The summed E-state index contributed by atoms with van der Waals surface area (Å²) in [5, 5.41) is 13.2. The summed E-state index contributed by atoms with van der Waals surface area (Å²) >= 11 is 0. The first-order chi connectivity index (χ1) is 7.59. The van der Waals surface area contributed by atoms with Crippen molar-refractivity contribution in [3.63, 3.8) is 0 Å². The van der Waals surface area contributed by atoms with Crippen LogP contribution in [0.3, 0.4) is 0 Å². The Hall–Kier alpha value is -1.06. The van der Waals surface area contributed by atoms with Crippen molar-refractivity contribution < 1.29 is 9.84 Å². The van der Waals surface area contributed by atoms with E-state index in [-0.39, 0.29) is 0 Å². The van der Waals surface area contributed by atoms with Crippen molar-refractivity contribution in [2.75, 3.05) is 19.0 Å². The first-order valence-electron chi connectivity index (χ1n) is 5.62. The summed E-state index contributed by atoms with van der Waals surface area (Å²) in [5.74, 6) is 0. The van der Waals surface area contributed by atoms with Gasteiger partial charge in [-0.1, -0.05) is 25.1 Å². The zero-order chi connectivity index (χ0) is 12.0. The van der Waals surface area contributed by atoms with E-state index in [1.807, 2.05) is 38.1 Å². The van der Waals surface area contributed by atoms with Crippen LogP contribution in [0.5, 0.6) is 0 Å². The van der Waals surface area contributed by atoms with Crippen LogP contribution in [0, 0.1) is 0 Å². The van der Waals surface area contributed by atoms with Gasteiger partial charge in [-0.15, -0.1) is 0 Å². The number of hydrogen-bond donors (Lipinski definition) is 2. The molecule has 1 rings (SSSR count). The Labute approximate surface area is 97.4 Å². The van der Waals surface area contributed by atoms with Crippen LogP contribution in [-0.2, 0) is 11.3 Å². The van der Waals surface area contributed by atoms with E-state index < -0.39 is 5.60 Å². The zero-order valence-corrected chi connectivity index (χ0v) is 10.3. The van der Waals surface area contributed by atoms with Crippen molar-refractivity contribution in [1.29, 1.82) is 0 Å². The maximum Gasteiger partial charge on any atom is 0.0788 e. The molecule has 2 N–H and O–H groups in total. The molecule has 0 spiro atoms. The molecule has 0 saturated heterocycles. The normalized spacial score (nSPS) is 14.5. The highest BCUT2D eigenvalue weighted by Crippen LogP contribution is 2.17. The number of rotatable bonds is 6. The third-order valence-corrected chi connectivity index (χ3v) is 2.74. The second kappa shape index (κ2) is 5.87. The Morgan fingerprint density at radius 2 is 2.06 bits per heavy atom. The number of benzene rings is 1. The van der Waals surface area contributed by atoms with E-state index in [0.29, 0.717) is 13.2 Å². The van der Waals surface area contributed by atoms with Crippen LogP contribution in [0.2, 0.25) is 0 Å². The predicted molar refractivity (Wildman–Crippen MR) is 66.6 cm³/mol. The van der Waals surface area contributed by atoms with Gasteiger partial charge in [0.05, 0.1) is 12.2 Å². The fourth-order valence-corrected chi connectivity index (χ4v) is 1.38. The molecule has 0 saturated carbocycles. The van der Waals surface area contributed by atoms with Crippen LogP contribution < -0.4 is 5.32 Å². The highest BCUT2D eigenvalue weighted by molar-refractivity contribution is 5.51. The molecule has 0 aromatic heterocycles. The lowest BCUT2D eigenvalue weighted by Gasteiger charge is -2.23. The number of para-hydroxylation sites is 1. The molecule has 0 radical (unpaired) electrons. The van der Waals surface area contributed by atoms with E-state index in [9.17, 15) is 5.11 Å². The van der Waals surface area contributed by atoms with Crippen molar-refractivity contribution in [1.82, 2.24) is 0 Å². The predicted octanol–water partition coefficient (Wildman–Crippen LogP) is 2.41. The molecule has 0 heterocycles. The molecule has 3 nitrogen and oxygen atoms in total. The van der Waals surface area contributed by atoms with Crippen molar-refractivity contribution >= 4 is 5.69 Å². The topological polar surface area (TPSA) is 41.5 Å². The number of aliphatic hydroxyl groups is 1. The second-order valence-corrected chi connectivity index (χ2v) is 4.29. The van der Waals surface area contributed by atoms with Gasteiger partial charge in [0.2, 0.25) is 0 Å². The van der Waals surface area contributed by atoms with Crippen molar-refractivity contribution in [2.24, 2.45) is 0 Å². The lowest BCUT2D eigenvalue weighted by atomic mass is 10.0. The third kappa shape index (κ3) is 3.83. The molecular formula is C13H21NO2. The van der Waals surface area contributed by atoms with Gasteiger partial charge < -0.3 is 15.2 Å². The maximum atomic E-state index is 9.91. The maximum absolute atomic E-state index is 9.91. The number of methoxy groups -OCH3 is 1. The fourth-order valence-electron chi connectivity index (χ4n) is 1.38. The van der Waals surface area contributed by atoms with Crippen LogP contribution in [0.15, 0.2) is 24.3 Å². The molecule has 1 atom stereocenters. The smallest absolute Gasteiger partial charge is 0.0788 e. The number of ether oxygens (including phenoxy) is 1. The Morgan fingerprint density at radius 3 is 2.69 bits per heavy atom. The monoisotopic (exact) mass is 223 g/mol. The average molecular weight is 223 g/mol. The van der Waals surface area contributed by atoms with Crippen LogP contribution in [0.1, 0.15) is 25.8 Å². The summed E-state index contributed by atoms with van der Waals surface area (Å²) in [6.07, 6.45) is 0.729. The minimum atomic E-state index is -0.666. The van der Waals surface area contributed by atoms with Gasteiger partial charge in [0.15, 0.2) is 0 Å². The van der Waals surface area contributed by atoms with E-state index in [2.05, 4.69) is 5.32 Å². The summed E-state index contributed by atoms with van der Waals surface area (Å²) in [4.78, 5) is 0. The fraction of sp³-hybridized carbons (Fsp3) is 0.538. The molecule has 1 aromatic carbocycles. The Balaban J connectivity index is 2.66. The van der Waals surface area contributed by atoms with Crippen molar-refractivity contribution in [3.8, 4) is 0 Å². The van der Waals surface area contributed by atoms with Crippen molar-refractivity contribution in [3.05, 3.63) is 29.8 Å². The molecule has 90 valence electrons. The first-order valence-corrected chi connectivity index (χ1v) is 5.62. The lowest BCUT2D eigenvalue weighted by Crippen LogP contribution is -2.32. The molecule has 0 bridgehead atoms. The van der Waals surface area contributed by atoms with Crippen molar-refractivity contribution in [2.45, 2.75) is 32.5 Å². The number of anilines is 1. The largest absolute Gasteiger partial charge is 0.388 e. The van der Waals surface area contributed by atoms with Gasteiger partial charge in [-0.2, -0.15) is 0 Å². The molecule has 0 aliphatic rings. The summed E-state index contributed by atoms with van der Waals surface area (Å²) in [5.41, 5.74) is 1.47. The first kappa shape index (κ1) is 13.0. The Bertz CT molecular complexity index is 323. The summed E-state index contributed by atoms with van der Waals surface area (Å²) in [6.45, 7) is 4.93. The zero-order valence-electron chi connectivity index (χ0n) is 10.3. The van der Waals surface area contributed by atoms with Gasteiger partial charge in [-0.3, -0.25) is 0 Å². The quantitative estimate of drug-likeness (QED) is 0.778. The van der Waals surface area contributed by atoms with Gasteiger partial charge in [0, 0.05) is 24.9 Å². The summed E-state index contributed by atoms with van der Waals surface area (Å²) < 4.78 is 5.12. The van der Waals surface area contributed by atoms with Crippen LogP contribution in [0.25, 0.3) is 0 Å². The summed E-state index contributed by atoms with van der Waals surface area (Å²) in [6, 6.07) is 7.98. The van der Waals surface area contributed by atoms with Gasteiger partial charge in [0.1, 0.15) is 0 Å². The standard InChI is InChI=1S/C13H21NO2/c1-4-13(2,15)10-14-12-8-6-5-7-11(12)9-16-3/h5-8,14-15H,4,9-10H2,1-3H3. The lowest BCUT2D eigenvalue weighted by molar-refractivity contribution is 0.0697. The van der Waals surface area contributed by atoms with Gasteiger partial charge in [-0.05, 0) is 19.4 Å². The van der Waals surface area contributed by atoms with Crippen LogP contribution in [0.4, 0.5) is 5.69 Å². The average Bonchev–Trinajstić information content (AvgIpc) is 2.28. The van der Waals surface area contributed by atoms with E-state index in [1.54, 1.807) is 7.11 Å². The minimum absolute atomic E-state index is 0.546. The highest BCUT2D eigenvalue weighted by Gasteiger charge is 2.17. The molecular weight excluding hydrogens is 202 g/mol. The SMILES string of the molecule is CCC(C)(O)CNc1ccccc1COC. The molecule has 1 aromatic rings. The van der Waals surface area contributed by atoms with Gasteiger partial charge in [0.25, 0.3) is 0 Å². The van der Waals surface area contributed by atoms with E-state index in [4.69, 9.17) is 4.74 Å². The molecule has 0 aliphatic carbocycles. The Kier molecular flexibility index (Phi) is 4.77. The molecule has 0 amide bonds. The molecule has 0 fully saturated rings. The number of hydrogen-bond acceptors (Lipinski definition) is 3. The van der Waals surface area contributed by atoms with Gasteiger partial charge >= 0.3 is 0 Å². The third-order valence-electron chi connectivity index (χ3n) is 2.74. The summed E-state index contributed by atoms with van der Waals surface area (Å²) in [7, 11) is 1.68. The highest BCUT2D eigenvalue weighted by atomic mass is 16.5. The molecule has 3 heteroatoms. The Morgan fingerprint density at radius 1 is 1.38 bits per heavy atom. The second-order valence-electron chi connectivity index (χ2n) is 4.29.